The van der Waals surface area contributed by atoms with Crippen molar-refractivity contribution in [3.8, 4) is 11.5 Å². The van der Waals surface area contributed by atoms with Crippen LogP contribution in [0, 0.1) is 0 Å². The van der Waals surface area contributed by atoms with Gasteiger partial charge in [0.25, 0.3) is 0 Å². The van der Waals surface area contributed by atoms with Crippen molar-refractivity contribution < 1.29 is 29.3 Å². The van der Waals surface area contributed by atoms with Crippen LogP contribution < -0.4 is 4.74 Å². The van der Waals surface area contributed by atoms with Gasteiger partial charge in [0.15, 0.2) is 5.71 Å². The van der Waals surface area contributed by atoms with Gasteiger partial charge in [-0.15, -0.1) is 0 Å². The number of ether oxygens (including phenoxy) is 2. The number of aromatic hydroxyl groups is 1. The summed E-state index contributed by atoms with van der Waals surface area (Å²) in [6.45, 7) is 2.38. The number of carboxylic acids is 1. The Hall–Kier alpha value is -2.90. The second kappa shape index (κ2) is 8.41. The fourth-order valence-corrected chi connectivity index (χ4v) is 2.83. The van der Waals surface area contributed by atoms with E-state index in [0.29, 0.717) is 17.4 Å². The maximum absolute atomic E-state index is 13.0. The number of aromatic carboxylic acids is 1. The van der Waals surface area contributed by atoms with Crippen molar-refractivity contribution in [1.82, 2.24) is 0 Å². The molecular formula is C20H18ClNO6. The second-order valence-electron chi connectivity index (χ2n) is 6.15. The first-order valence-electron chi connectivity index (χ1n) is 8.68. The molecule has 28 heavy (non-hydrogen) atoms. The molecule has 1 heterocycles. The van der Waals surface area contributed by atoms with E-state index >= 15 is 0 Å². The molecule has 0 spiro atoms. The zero-order valence-corrected chi connectivity index (χ0v) is 15.8. The molecule has 0 radical (unpaired) electrons. The summed E-state index contributed by atoms with van der Waals surface area (Å²) >= 11 is 5.99. The van der Waals surface area contributed by atoms with Crippen LogP contribution in [-0.4, -0.2) is 40.6 Å². The van der Waals surface area contributed by atoms with Gasteiger partial charge in [0.1, 0.15) is 17.1 Å². The highest BCUT2D eigenvalue weighted by Gasteiger charge is 2.34. The van der Waals surface area contributed by atoms with Gasteiger partial charge >= 0.3 is 5.97 Å². The van der Waals surface area contributed by atoms with Crippen LogP contribution in [0.2, 0.25) is 5.02 Å². The summed E-state index contributed by atoms with van der Waals surface area (Å²) in [6.07, 6.45) is 0.668. The molecule has 3 rings (SSSR count). The van der Waals surface area contributed by atoms with Crippen molar-refractivity contribution in [2.75, 3.05) is 6.61 Å². The molecule has 2 N–H and O–H groups in total. The van der Waals surface area contributed by atoms with Gasteiger partial charge in [0.05, 0.1) is 17.9 Å². The SMILES string of the molecule is CCCCOC1Oc2ccc(Cl)cc2C(=O)C1=Nc1ccc(C(=O)O)c(O)c1. The average molecular weight is 404 g/mol. The highest BCUT2D eigenvalue weighted by Crippen LogP contribution is 2.31. The quantitative estimate of drug-likeness (QED) is 0.699. The standard InChI is InChI=1S/C20H18ClNO6/c1-2-3-8-27-20-17(18(24)14-9-11(21)4-7-16(14)28-20)22-12-5-6-13(19(25)26)15(23)10-12/h4-7,9-10,20,23H,2-3,8H2,1H3,(H,25,26). The predicted molar refractivity (Wildman–Crippen MR) is 103 cm³/mol. The minimum absolute atomic E-state index is 0.00616. The number of Topliss-reactive ketones (excluding diaryl/α,β-unsaturated/α-hetero) is 1. The summed E-state index contributed by atoms with van der Waals surface area (Å²) in [7, 11) is 0. The third-order valence-corrected chi connectivity index (χ3v) is 4.34. The highest BCUT2D eigenvalue weighted by atomic mass is 35.5. The highest BCUT2D eigenvalue weighted by molar-refractivity contribution is 6.49. The van der Waals surface area contributed by atoms with Crippen molar-refractivity contribution >= 4 is 34.8 Å². The summed E-state index contributed by atoms with van der Waals surface area (Å²) in [4.78, 5) is 28.3. The lowest BCUT2D eigenvalue weighted by molar-refractivity contribution is -0.0352. The number of rotatable bonds is 6. The first-order chi connectivity index (χ1) is 13.4. The summed E-state index contributed by atoms with van der Waals surface area (Å²) < 4.78 is 11.5. The van der Waals surface area contributed by atoms with Crippen molar-refractivity contribution in [2.24, 2.45) is 4.99 Å². The fourth-order valence-electron chi connectivity index (χ4n) is 2.66. The fraction of sp³-hybridized carbons (Fsp3) is 0.250. The molecule has 7 nitrogen and oxygen atoms in total. The Labute approximate surface area is 166 Å². The molecule has 1 aliphatic heterocycles. The van der Waals surface area contributed by atoms with Crippen LogP contribution in [0.25, 0.3) is 0 Å². The number of fused-ring (bicyclic) bond motifs is 1. The number of aliphatic imine (C=N–C) groups is 1. The molecule has 2 aromatic rings. The molecule has 0 saturated heterocycles. The topological polar surface area (TPSA) is 105 Å². The van der Waals surface area contributed by atoms with E-state index in [-0.39, 0.29) is 22.5 Å². The molecule has 0 amide bonds. The largest absolute Gasteiger partial charge is 0.507 e. The minimum atomic E-state index is -1.27. The van der Waals surface area contributed by atoms with Crippen molar-refractivity contribution in [3.05, 3.63) is 52.5 Å². The molecule has 0 fully saturated rings. The Balaban J connectivity index is 2.01. The average Bonchev–Trinajstić information content (AvgIpc) is 2.65. The third-order valence-electron chi connectivity index (χ3n) is 4.10. The first-order valence-corrected chi connectivity index (χ1v) is 9.06. The van der Waals surface area contributed by atoms with E-state index in [1.54, 1.807) is 12.1 Å². The molecule has 1 unspecified atom stereocenters. The van der Waals surface area contributed by atoms with Gasteiger partial charge in [-0.05, 0) is 36.8 Å². The Morgan fingerprint density at radius 3 is 2.75 bits per heavy atom. The number of hydrogen-bond acceptors (Lipinski definition) is 6. The number of nitrogens with zero attached hydrogens (tertiary/aromatic N) is 1. The van der Waals surface area contributed by atoms with E-state index in [2.05, 4.69) is 4.99 Å². The predicted octanol–water partition coefficient (Wildman–Crippen LogP) is 4.23. The van der Waals surface area contributed by atoms with E-state index in [1.807, 2.05) is 6.92 Å². The van der Waals surface area contributed by atoms with Crippen LogP contribution >= 0.6 is 11.6 Å². The monoisotopic (exact) mass is 403 g/mol. The lowest BCUT2D eigenvalue weighted by Gasteiger charge is -2.26. The van der Waals surface area contributed by atoms with E-state index in [0.717, 1.165) is 12.8 Å². The van der Waals surface area contributed by atoms with E-state index in [1.165, 1.54) is 24.3 Å². The zero-order valence-electron chi connectivity index (χ0n) is 15.0. The molecule has 1 atom stereocenters. The molecule has 0 saturated carbocycles. The van der Waals surface area contributed by atoms with Gasteiger partial charge in [0.2, 0.25) is 12.1 Å². The van der Waals surface area contributed by atoms with Gasteiger partial charge in [-0.3, -0.25) is 4.79 Å². The molecule has 1 aliphatic rings. The maximum Gasteiger partial charge on any atom is 0.339 e. The van der Waals surface area contributed by atoms with Gasteiger partial charge < -0.3 is 19.7 Å². The third kappa shape index (κ3) is 4.16. The van der Waals surface area contributed by atoms with Gasteiger partial charge in [-0.1, -0.05) is 24.9 Å². The maximum atomic E-state index is 13.0. The lowest BCUT2D eigenvalue weighted by Crippen LogP contribution is -2.40. The van der Waals surface area contributed by atoms with Crippen LogP contribution in [0.1, 0.15) is 40.5 Å². The lowest BCUT2D eigenvalue weighted by atomic mass is 10.0. The Bertz CT molecular complexity index is 956. The van der Waals surface area contributed by atoms with E-state index in [4.69, 9.17) is 26.2 Å². The molecule has 0 aliphatic carbocycles. The number of unbranched alkanes of at least 4 members (excludes halogenated alkanes) is 1. The Morgan fingerprint density at radius 1 is 1.29 bits per heavy atom. The number of ketones is 1. The van der Waals surface area contributed by atoms with Crippen LogP contribution in [0.4, 0.5) is 5.69 Å². The second-order valence-corrected chi connectivity index (χ2v) is 6.58. The van der Waals surface area contributed by atoms with Crippen molar-refractivity contribution in [1.29, 1.82) is 0 Å². The van der Waals surface area contributed by atoms with E-state index in [9.17, 15) is 14.7 Å². The van der Waals surface area contributed by atoms with Gasteiger partial charge in [-0.2, -0.15) is 0 Å². The number of carboxylic acid groups (broad SMARTS) is 1. The number of carbonyl (C=O) groups is 2. The molecule has 0 aromatic heterocycles. The van der Waals surface area contributed by atoms with Crippen LogP contribution in [0.3, 0.4) is 0 Å². The number of phenols is 1. The van der Waals surface area contributed by atoms with Crippen LogP contribution in [0.5, 0.6) is 11.5 Å². The normalized spacial score (nSPS) is 17.3. The zero-order chi connectivity index (χ0) is 20.3. The van der Waals surface area contributed by atoms with Gasteiger partial charge in [0, 0.05) is 11.1 Å². The molecule has 8 heteroatoms. The first kappa shape index (κ1) is 19.9. The Kier molecular flexibility index (Phi) is 5.96. The van der Waals surface area contributed by atoms with Crippen molar-refractivity contribution in [3.63, 3.8) is 0 Å². The van der Waals surface area contributed by atoms with E-state index < -0.39 is 23.8 Å². The van der Waals surface area contributed by atoms with Crippen molar-refractivity contribution in [2.45, 2.75) is 26.1 Å². The summed E-state index contributed by atoms with van der Waals surface area (Å²) in [5.41, 5.74) is 0.188. The minimum Gasteiger partial charge on any atom is -0.507 e. The molecule has 146 valence electrons. The number of hydrogen-bond donors (Lipinski definition) is 2. The number of carbonyl (C=O) groups excluding carboxylic acids is 1. The smallest absolute Gasteiger partial charge is 0.339 e. The van der Waals surface area contributed by atoms with Crippen LogP contribution in [-0.2, 0) is 4.74 Å². The Morgan fingerprint density at radius 2 is 2.07 bits per heavy atom. The molecule has 2 aromatic carbocycles. The van der Waals surface area contributed by atoms with Crippen LogP contribution in [0.15, 0.2) is 41.4 Å². The molecular weight excluding hydrogens is 386 g/mol. The van der Waals surface area contributed by atoms with Gasteiger partial charge in [-0.25, -0.2) is 9.79 Å². The summed E-state index contributed by atoms with van der Waals surface area (Å²) in [6, 6.07) is 8.46. The molecule has 0 bridgehead atoms. The summed E-state index contributed by atoms with van der Waals surface area (Å²) in [5.74, 6) is -1.78. The number of benzene rings is 2. The summed E-state index contributed by atoms with van der Waals surface area (Å²) in [5, 5.41) is 19.3. The number of halogens is 1.